The molecule has 1 aromatic rings. The predicted molar refractivity (Wildman–Crippen MR) is 40.3 cm³/mol. The van der Waals surface area contributed by atoms with Gasteiger partial charge in [-0.3, -0.25) is 4.68 Å². The Morgan fingerprint density at radius 3 is 3.20 bits per heavy atom. The van der Waals surface area contributed by atoms with Gasteiger partial charge in [0.25, 0.3) is 0 Å². The van der Waals surface area contributed by atoms with E-state index in [-0.39, 0.29) is 0 Å². The van der Waals surface area contributed by atoms with Crippen molar-refractivity contribution < 1.29 is 0 Å². The van der Waals surface area contributed by atoms with Crippen LogP contribution in [0.3, 0.4) is 0 Å². The van der Waals surface area contributed by atoms with Gasteiger partial charge in [-0.15, -0.1) is 6.58 Å². The minimum Gasteiger partial charge on any atom is -0.325 e. The molecule has 1 aromatic heterocycles. The lowest BCUT2D eigenvalue weighted by Gasteiger charge is -1.99. The molecule has 0 unspecified atom stereocenters. The molecule has 0 atom stereocenters. The van der Waals surface area contributed by atoms with Crippen LogP contribution >= 0.6 is 0 Å². The van der Waals surface area contributed by atoms with Crippen LogP contribution in [0.5, 0.6) is 0 Å². The number of nitrogens with zero attached hydrogens (tertiary/aromatic N) is 2. The second-order valence-electron chi connectivity index (χ2n) is 2.00. The highest BCUT2D eigenvalue weighted by molar-refractivity contribution is 5.00. The first-order valence-corrected chi connectivity index (χ1v) is 3.20. The van der Waals surface area contributed by atoms with Crippen molar-refractivity contribution in [3.63, 3.8) is 0 Å². The van der Waals surface area contributed by atoms with E-state index in [9.17, 15) is 0 Å². The lowest BCUT2D eigenvalue weighted by atomic mass is 10.4. The van der Waals surface area contributed by atoms with Crippen molar-refractivity contribution >= 4 is 0 Å². The van der Waals surface area contributed by atoms with Crippen LogP contribution in [0.4, 0.5) is 0 Å². The van der Waals surface area contributed by atoms with E-state index in [1.165, 1.54) is 0 Å². The van der Waals surface area contributed by atoms with Crippen LogP contribution in [0.25, 0.3) is 0 Å². The highest BCUT2D eigenvalue weighted by Gasteiger charge is 1.95. The number of nitrogens with two attached hydrogens (primary N) is 1. The Morgan fingerprint density at radius 1 is 1.80 bits per heavy atom. The monoisotopic (exact) mass is 137 g/mol. The van der Waals surface area contributed by atoms with E-state index in [1.807, 2.05) is 10.7 Å². The van der Waals surface area contributed by atoms with E-state index in [4.69, 9.17) is 5.73 Å². The smallest absolute Gasteiger partial charge is 0.0591 e. The van der Waals surface area contributed by atoms with E-state index in [0.29, 0.717) is 6.54 Å². The van der Waals surface area contributed by atoms with Crippen LogP contribution in [-0.2, 0) is 13.1 Å². The highest BCUT2D eigenvalue weighted by Crippen LogP contribution is 1.96. The molecule has 0 aromatic carbocycles. The molecular weight excluding hydrogens is 126 g/mol. The van der Waals surface area contributed by atoms with Gasteiger partial charge in [0.2, 0.25) is 0 Å². The number of hydrogen-bond acceptors (Lipinski definition) is 2. The molecule has 3 nitrogen and oxygen atoms in total. The molecule has 1 heterocycles. The van der Waals surface area contributed by atoms with Gasteiger partial charge in [0.1, 0.15) is 0 Å². The van der Waals surface area contributed by atoms with Crippen LogP contribution in [0.15, 0.2) is 24.9 Å². The van der Waals surface area contributed by atoms with Crippen molar-refractivity contribution in [2.45, 2.75) is 13.1 Å². The van der Waals surface area contributed by atoms with Gasteiger partial charge in [0.05, 0.1) is 12.2 Å². The molecular formula is C7H11N3. The summed E-state index contributed by atoms with van der Waals surface area (Å²) in [5, 5.41) is 4.04. The lowest BCUT2D eigenvalue weighted by molar-refractivity contribution is 0.659. The van der Waals surface area contributed by atoms with Gasteiger partial charge in [0.15, 0.2) is 0 Å². The molecule has 0 amide bonds. The van der Waals surface area contributed by atoms with Crippen molar-refractivity contribution in [2.75, 3.05) is 0 Å². The zero-order valence-corrected chi connectivity index (χ0v) is 5.83. The molecule has 10 heavy (non-hydrogen) atoms. The maximum absolute atomic E-state index is 5.43. The molecule has 0 aliphatic carbocycles. The van der Waals surface area contributed by atoms with Crippen molar-refractivity contribution in [3.05, 3.63) is 30.6 Å². The zero-order chi connectivity index (χ0) is 7.40. The normalized spacial score (nSPS) is 9.70. The maximum Gasteiger partial charge on any atom is 0.0591 e. The Morgan fingerprint density at radius 2 is 2.60 bits per heavy atom. The molecule has 0 fully saturated rings. The van der Waals surface area contributed by atoms with Crippen molar-refractivity contribution in [2.24, 2.45) is 5.73 Å². The molecule has 0 saturated carbocycles. The van der Waals surface area contributed by atoms with E-state index in [2.05, 4.69) is 11.7 Å². The molecule has 0 bridgehead atoms. The minimum atomic E-state index is 0.536. The lowest BCUT2D eigenvalue weighted by Crippen LogP contribution is -2.07. The van der Waals surface area contributed by atoms with Gasteiger partial charge in [-0.1, -0.05) is 6.08 Å². The topological polar surface area (TPSA) is 43.8 Å². The van der Waals surface area contributed by atoms with Crippen LogP contribution in [0.1, 0.15) is 5.69 Å². The molecule has 0 saturated heterocycles. The average molecular weight is 137 g/mol. The quantitative estimate of drug-likeness (QED) is 0.617. The Labute approximate surface area is 60.1 Å². The van der Waals surface area contributed by atoms with E-state index < -0.39 is 0 Å². The van der Waals surface area contributed by atoms with E-state index in [0.717, 1.165) is 12.2 Å². The summed E-state index contributed by atoms with van der Waals surface area (Å²) in [6.45, 7) is 4.88. The summed E-state index contributed by atoms with van der Waals surface area (Å²) in [5.74, 6) is 0. The van der Waals surface area contributed by atoms with Gasteiger partial charge in [-0.2, -0.15) is 5.10 Å². The van der Waals surface area contributed by atoms with Crippen molar-refractivity contribution in [1.82, 2.24) is 9.78 Å². The van der Waals surface area contributed by atoms with Gasteiger partial charge in [-0.25, -0.2) is 0 Å². The molecule has 0 aliphatic rings. The van der Waals surface area contributed by atoms with E-state index >= 15 is 0 Å². The summed E-state index contributed by atoms with van der Waals surface area (Å²) in [6, 6.07) is 1.91. The summed E-state index contributed by atoms with van der Waals surface area (Å²) in [6.07, 6.45) is 3.54. The first-order valence-electron chi connectivity index (χ1n) is 3.20. The number of rotatable bonds is 3. The molecule has 54 valence electrons. The first-order chi connectivity index (χ1) is 4.88. The number of hydrogen-bond donors (Lipinski definition) is 1. The Hall–Kier alpha value is -1.09. The van der Waals surface area contributed by atoms with Gasteiger partial charge >= 0.3 is 0 Å². The fourth-order valence-electron chi connectivity index (χ4n) is 0.820. The standard InChI is InChI=1S/C7H11N3/c1-2-5-10-7(6-8)3-4-9-10/h2-4H,1,5-6,8H2. The van der Waals surface area contributed by atoms with Crippen LogP contribution in [0.2, 0.25) is 0 Å². The highest BCUT2D eigenvalue weighted by atomic mass is 15.3. The molecule has 1 rings (SSSR count). The second-order valence-corrected chi connectivity index (χ2v) is 2.00. The van der Waals surface area contributed by atoms with Crippen LogP contribution < -0.4 is 5.73 Å². The van der Waals surface area contributed by atoms with Crippen molar-refractivity contribution in [1.29, 1.82) is 0 Å². The predicted octanol–water partition coefficient (Wildman–Crippen LogP) is 0.528. The summed E-state index contributed by atoms with van der Waals surface area (Å²) in [5.41, 5.74) is 6.47. The third-order valence-electron chi connectivity index (χ3n) is 1.32. The van der Waals surface area contributed by atoms with E-state index in [1.54, 1.807) is 12.3 Å². The van der Waals surface area contributed by atoms with Crippen molar-refractivity contribution in [3.8, 4) is 0 Å². The number of allylic oxidation sites excluding steroid dienone is 1. The molecule has 0 radical (unpaired) electrons. The van der Waals surface area contributed by atoms with Gasteiger partial charge in [0, 0.05) is 12.7 Å². The Bertz CT molecular complexity index is 214. The number of aromatic nitrogens is 2. The second kappa shape index (κ2) is 3.17. The molecule has 0 spiro atoms. The summed E-state index contributed by atoms with van der Waals surface area (Å²) in [7, 11) is 0. The minimum absolute atomic E-state index is 0.536. The first kappa shape index (κ1) is 7.02. The fourth-order valence-corrected chi connectivity index (χ4v) is 0.820. The Kier molecular flexibility index (Phi) is 2.23. The summed E-state index contributed by atoms with van der Waals surface area (Å²) >= 11 is 0. The van der Waals surface area contributed by atoms with Crippen LogP contribution in [0, 0.1) is 0 Å². The largest absolute Gasteiger partial charge is 0.325 e. The van der Waals surface area contributed by atoms with Gasteiger partial charge in [-0.05, 0) is 6.07 Å². The average Bonchev–Trinajstić information content (AvgIpc) is 2.36. The molecule has 2 N–H and O–H groups in total. The fraction of sp³-hybridized carbons (Fsp3) is 0.286. The molecule has 0 aliphatic heterocycles. The SMILES string of the molecule is C=CCn1nccc1CN. The molecule has 3 heteroatoms. The summed E-state index contributed by atoms with van der Waals surface area (Å²) in [4.78, 5) is 0. The Balaban J connectivity index is 2.79. The zero-order valence-electron chi connectivity index (χ0n) is 5.83. The van der Waals surface area contributed by atoms with Crippen LogP contribution in [-0.4, -0.2) is 9.78 Å². The van der Waals surface area contributed by atoms with Gasteiger partial charge < -0.3 is 5.73 Å². The summed E-state index contributed by atoms with van der Waals surface area (Å²) < 4.78 is 1.83. The maximum atomic E-state index is 5.43. The third kappa shape index (κ3) is 1.25. The third-order valence-corrected chi connectivity index (χ3v) is 1.32.